The van der Waals surface area contributed by atoms with Gasteiger partial charge in [0.05, 0.1) is 0 Å². The van der Waals surface area contributed by atoms with Gasteiger partial charge in [0, 0.05) is 14.2 Å². The van der Waals surface area contributed by atoms with E-state index in [0.717, 1.165) is 11.8 Å². The van der Waals surface area contributed by atoms with Gasteiger partial charge >= 0.3 is 0 Å². The highest BCUT2D eigenvalue weighted by Crippen LogP contribution is 2.37. The maximum atomic E-state index is 3.60. The molecule has 0 spiro atoms. The predicted octanol–water partition coefficient (Wildman–Crippen LogP) is 3.53. The van der Waals surface area contributed by atoms with Gasteiger partial charge < -0.3 is 5.32 Å². The molecule has 2 unspecified atom stereocenters. The molecule has 2 atom stereocenters. The standard InChI is InChI=1S/C11H16BrNS/c1-7-6-13-4-3-9(7)11-5-10(12)8(2)14-11/h5,7,9,13H,3-4,6H2,1-2H3. The van der Waals surface area contributed by atoms with Crippen molar-refractivity contribution in [3.05, 3.63) is 20.3 Å². The number of aryl methyl sites for hydroxylation is 1. The fourth-order valence-electron chi connectivity index (χ4n) is 2.10. The van der Waals surface area contributed by atoms with Crippen LogP contribution in [0.3, 0.4) is 0 Å². The summed E-state index contributed by atoms with van der Waals surface area (Å²) in [4.78, 5) is 2.97. The van der Waals surface area contributed by atoms with Crippen LogP contribution in [0.25, 0.3) is 0 Å². The third-order valence-corrected chi connectivity index (χ3v) is 5.30. The molecule has 1 fully saturated rings. The molecule has 1 aromatic heterocycles. The first-order valence-electron chi connectivity index (χ1n) is 5.15. The van der Waals surface area contributed by atoms with Gasteiger partial charge in [0.2, 0.25) is 0 Å². The van der Waals surface area contributed by atoms with Crippen LogP contribution < -0.4 is 5.32 Å². The molecule has 1 saturated heterocycles. The van der Waals surface area contributed by atoms with Crippen molar-refractivity contribution < 1.29 is 0 Å². The van der Waals surface area contributed by atoms with Crippen molar-refractivity contribution in [2.75, 3.05) is 13.1 Å². The van der Waals surface area contributed by atoms with Gasteiger partial charge in [-0.1, -0.05) is 6.92 Å². The van der Waals surface area contributed by atoms with E-state index in [1.165, 1.54) is 28.9 Å². The van der Waals surface area contributed by atoms with Crippen molar-refractivity contribution >= 4 is 27.3 Å². The Kier molecular flexibility index (Phi) is 3.30. The third kappa shape index (κ3) is 2.05. The van der Waals surface area contributed by atoms with Crippen LogP contribution >= 0.6 is 27.3 Å². The van der Waals surface area contributed by atoms with Crippen LogP contribution in [0, 0.1) is 12.8 Å². The van der Waals surface area contributed by atoms with Gasteiger partial charge in [-0.15, -0.1) is 11.3 Å². The van der Waals surface area contributed by atoms with Gasteiger partial charge in [-0.05, 0) is 60.3 Å². The number of rotatable bonds is 1. The van der Waals surface area contributed by atoms with Gasteiger partial charge in [0.15, 0.2) is 0 Å². The lowest BCUT2D eigenvalue weighted by Gasteiger charge is -2.28. The molecule has 78 valence electrons. The first kappa shape index (κ1) is 10.7. The van der Waals surface area contributed by atoms with Crippen LogP contribution in [-0.2, 0) is 0 Å². The molecular formula is C11H16BrNS. The monoisotopic (exact) mass is 273 g/mol. The fourth-order valence-corrected chi connectivity index (χ4v) is 3.93. The third-order valence-electron chi connectivity index (χ3n) is 3.03. The number of halogens is 1. The summed E-state index contributed by atoms with van der Waals surface area (Å²) < 4.78 is 1.28. The molecule has 14 heavy (non-hydrogen) atoms. The Balaban J connectivity index is 2.20. The van der Waals surface area contributed by atoms with Crippen LogP contribution in [0.2, 0.25) is 0 Å². The summed E-state index contributed by atoms with van der Waals surface area (Å²) in [6.07, 6.45) is 1.29. The van der Waals surface area contributed by atoms with Gasteiger partial charge in [-0.25, -0.2) is 0 Å². The molecule has 1 aliphatic heterocycles. The van der Waals surface area contributed by atoms with E-state index in [0.29, 0.717) is 0 Å². The van der Waals surface area contributed by atoms with Crippen LogP contribution in [0.1, 0.15) is 29.0 Å². The lowest BCUT2D eigenvalue weighted by atomic mass is 9.87. The topological polar surface area (TPSA) is 12.0 Å². The van der Waals surface area contributed by atoms with Crippen molar-refractivity contribution in [1.82, 2.24) is 5.32 Å². The molecular weight excluding hydrogens is 258 g/mol. The van der Waals surface area contributed by atoms with Gasteiger partial charge in [-0.3, -0.25) is 0 Å². The second kappa shape index (κ2) is 4.33. The Morgan fingerprint density at radius 2 is 2.36 bits per heavy atom. The van der Waals surface area contributed by atoms with Crippen LogP contribution in [0.15, 0.2) is 10.5 Å². The number of nitrogens with one attached hydrogen (secondary N) is 1. The molecule has 1 nitrogen and oxygen atoms in total. The molecule has 3 heteroatoms. The van der Waals surface area contributed by atoms with E-state index < -0.39 is 0 Å². The lowest BCUT2D eigenvalue weighted by Crippen LogP contribution is -2.33. The number of thiophene rings is 1. The first-order chi connectivity index (χ1) is 6.68. The zero-order valence-electron chi connectivity index (χ0n) is 8.64. The van der Waals surface area contributed by atoms with Crippen LogP contribution in [0.4, 0.5) is 0 Å². The summed E-state index contributed by atoms with van der Waals surface area (Å²) in [6, 6.07) is 2.31. The van der Waals surface area contributed by atoms with Crippen molar-refractivity contribution in [2.24, 2.45) is 5.92 Å². The lowest BCUT2D eigenvalue weighted by molar-refractivity contribution is 0.353. The summed E-state index contributed by atoms with van der Waals surface area (Å²) in [6.45, 7) is 6.87. The molecule has 1 N–H and O–H groups in total. The molecule has 0 aromatic carbocycles. The van der Waals surface area contributed by atoms with E-state index in [1.54, 1.807) is 4.88 Å². The van der Waals surface area contributed by atoms with E-state index in [2.05, 4.69) is 41.2 Å². The van der Waals surface area contributed by atoms with Crippen molar-refractivity contribution in [3.63, 3.8) is 0 Å². The first-order valence-corrected chi connectivity index (χ1v) is 6.76. The minimum Gasteiger partial charge on any atom is -0.316 e. The SMILES string of the molecule is Cc1sc(C2CCNCC2C)cc1Br. The highest BCUT2D eigenvalue weighted by atomic mass is 79.9. The molecule has 0 bridgehead atoms. The van der Waals surface area contributed by atoms with Crippen molar-refractivity contribution in [2.45, 2.75) is 26.2 Å². The van der Waals surface area contributed by atoms with E-state index in [1.807, 2.05) is 11.3 Å². The van der Waals surface area contributed by atoms with Crippen molar-refractivity contribution in [1.29, 1.82) is 0 Å². The Morgan fingerprint density at radius 3 is 2.93 bits per heavy atom. The summed E-state index contributed by atoms with van der Waals surface area (Å²) in [7, 11) is 0. The highest BCUT2D eigenvalue weighted by Gasteiger charge is 2.24. The van der Waals surface area contributed by atoms with E-state index in [9.17, 15) is 0 Å². The number of piperidine rings is 1. The molecule has 0 aliphatic carbocycles. The van der Waals surface area contributed by atoms with E-state index in [4.69, 9.17) is 0 Å². The molecule has 2 heterocycles. The zero-order chi connectivity index (χ0) is 10.1. The summed E-state index contributed by atoms with van der Waals surface area (Å²) in [5.41, 5.74) is 0. The second-order valence-electron chi connectivity index (χ2n) is 4.13. The van der Waals surface area contributed by atoms with Gasteiger partial charge in [0.25, 0.3) is 0 Å². The highest BCUT2D eigenvalue weighted by molar-refractivity contribution is 9.10. The molecule has 0 amide bonds. The summed E-state index contributed by atoms with van der Waals surface area (Å²) >= 11 is 5.55. The number of hydrogen-bond donors (Lipinski definition) is 1. The average molecular weight is 274 g/mol. The zero-order valence-corrected chi connectivity index (χ0v) is 11.0. The fraction of sp³-hybridized carbons (Fsp3) is 0.636. The minimum atomic E-state index is 0.770. The molecule has 0 radical (unpaired) electrons. The predicted molar refractivity (Wildman–Crippen MR) is 66.1 cm³/mol. The van der Waals surface area contributed by atoms with Gasteiger partial charge in [0.1, 0.15) is 0 Å². The maximum absolute atomic E-state index is 3.60. The second-order valence-corrected chi connectivity index (χ2v) is 6.27. The molecule has 1 aliphatic rings. The smallest absolute Gasteiger partial charge is 0.0314 e. The minimum absolute atomic E-state index is 0.770. The number of hydrogen-bond acceptors (Lipinski definition) is 2. The van der Waals surface area contributed by atoms with Crippen molar-refractivity contribution in [3.8, 4) is 0 Å². The maximum Gasteiger partial charge on any atom is 0.0314 e. The molecule has 2 rings (SSSR count). The molecule has 0 saturated carbocycles. The van der Waals surface area contributed by atoms with E-state index >= 15 is 0 Å². The normalized spacial score (nSPS) is 27.9. The Labute approximate surface area is 98.0 Å². The van der Waals surface area contributed by atoms with E-state index in [-0.39, 0.29) is 0 Å². The quantitative estimate of drug-likeness (QED) is 0.826. The largest absolute Gasteiger partial charge is 0.316 e. The average Bonchev–Trinajstić information content (AvgIpc) is 2.48. The Morgan fingerprint density at radius 1 is 1.57 bits per heavy atom. The van der Waals surface area contributed by atoms with Crippen LogP contribution in [-0.4, -0.2) is 13.1 Å². The Bertz CT molecular complexity index is 302. The van der Waals surface area contributed by atoms with Gasteiger partial charge in [-0.2, -0.15) is 0 Å². The Hall–Kier alpha value is 0.140. The van der Waals surface area contributed by atoms with Crippen LogP contribution in [0.5, 0.6) is 0 Å². The summed E-state index contributed by atoms with van der Waals surface area (Å²) in [5, 5.41) is 3.45. The molecule has 1 aromatic rings. The summed E-state index contributed by atoms with van der Waals surface area (Å²) in [5.74, 6) is 1.54.